The zero-order valence-electron chi connectivity index (χ0n) is 18.2. The van der Waals surface area contributed by atoms with Crippen molar-refractivity contribution in [2.24, 2.45) is 0 Å². The number of hydrogen-bond donors (Lipinski definition) is 2. The van der Waals surface area contributed by atoms with Crippen LogP contribution < -0.4 is 14.9 Å². The van der Waals surface area contributed by atoms with Crippen LogP contribution in [0.1, 0.15) is 23.5 Å². The lowest BCUT2D eigenvalue weighted by Gasteiger charge is -2.29. The highest BCUT2D eigenvalue weighted by Gasteiger charge is 2.42. The summed E-state index contributed by atoms with van der Waals surface area (Å²) in [5, 5.41) is 4.01. The lowest BCUT2D eigenvalue weighted by atomic mass is 10.0. The van der Waals surface area contributed by atoms with Gasteiger partial charge in [0.1, 0.15) is 6.04 Å². The van der Waals surface area contributed by atoms with Crippen LogP contribution in [0, 0.1) is 0 Å². The van der Waals surface area contributed by atoms with Crippen LogP contribution in [0.15, 0.2) is 91.5 Å². The van der Waals surface area contributed by atoms with E-state index in [4.69, 9.17) is 12.2 Å². The number of rotatable bonds is 6. The van der Waals surface area contributed by atoms with Crippen molar-refractivity contribution in [1.82, 2.24) is 19.9 Å². The largest absolute Gasteiger partial charge is 0.351 e. The molecule has 5 rings (SSSR count). The molecular formula is C24H22N6O2S2. The first-order valence-electron chi connectivity index (χ1n) is 10.6. The number of hydrogen-bond acceptors (Lipinski definition) is 5. The normalized spacial score (nSPS) is 18.0. The molecule has 34 heavy (non-hydrogen) atoms. The van der Waals surface area contributed by atoms with Crippen molar-refractivity contribution < 1.29 is 8.42 Å². The Hall–Kier alpha value is -3.76. The zero-order chi connectivity index (χ0) is 23.7. The summed E-state index contributed by atoms with van der Waals surface area (Å²) in [6, 6.07) is 20.6. The first-order chi connectivity index (χ1) is 16.4. The Morgan fingerprint density at radius 3 is 2.38 bits per heavy atom. The Kier molecular flexibility index (Phi) is 5.76. The number of nitrogens with one attached hydrogen (secondary N) is 2. The van der Waals surface area contributed by atoms with Gasteiger partial charge in [0.15, 0.2) is 5.11 Å². The Balaban J connectivity index is 1.60. The van der Waals surface area contributed by atoms with E-state index in [1.807, 2.05) is 59.6 Å². The number of benzene rings is 1. The molecule has 1 aromatic carbocycles. The fourth-order valence-electron chi connectivity index (χ4n) is 4.21. The molecule has 2 unspecified atom stereocenters. The van der Waals surface area contributed by atoms with Crippen molar-refractivity contribution in [2.45, 2.75) is 12.1 Å². The van der Waals surface area contributed by atoms with Gasteiger partial charge in [0.05, 0.1) is 18.0 Å². The molecule has 1 saturated heterocycles. The van der Waals surface area contributed by atoms with E-state index in [2.05, 4.69) is 30.6 Å². The van der Waals surface area contributed by atoms with Gasteiger partial charge in [-0.3, -0.25) is 14.7 Å². The van der Waals surface area contributed by atoms with Crippen molar-refractivity contribution in [3.63, 3.8) is 0 Å². The minimum Gasteiger partial charge on any atom is -0.351 e. The summed E-state index contributed by atoms with van der Waals surface area (Å²) in [4.78, 5) is 10.8. The van der Waals surface area contributed by atoms with Gasteiger partial charge in [0.25, 0.3) is 0 Å². The monoisotopic (exact) mass is 490 g/mol. The molecule has 0 aliphatic carbocycles. The minimum atomic E-state index is -3.37. The van der Waals surface area contributed by atoms with Crippen molar-refractivity contribution >= 4 is 38.7 Å². The summed E-state index contributed by atoms with van der Waals surface area (Å²) in [6.45, 7) is 0. The van der Waals surface area contributed by atoms with Crippen molar-refractivity contribution in [1.29, 1.82) is 0 Å². The van der Waals surface area contributed by atoms with Gasteiger partial charge in [-0.25, -0.2) is 8.42 Å². The molecule has 1 fully saturated rings. The molecule has 1 aliphatic heterocycles. The predicted molar refractivity (Wildman–Crippen MR) is 136 cm³/mol. The van der Waals surface area contributed by atoms with Gasteiger partial charge in [-0.1, -0.05) is 6.07 Å². The standard InChI is InChI=1S/C24H22N6O2S2/c1-34(31,32)28-17-7-9-19(10-8-17)30-23(22(27-24(30)33)20-5-2-3-13-26-20)21-6-4-16-29(21)18-11-14-25-15-12-18/h2-16,22-23,28H,1H3,(H,27,33). The lowest BCUT2D eigenvalue weighted by Crippen LogP contribution is -2.30. The van der Waals surface area contributed by atoms with E-state index in [9.17, 15) is 8.42 Å². The molecule has 0 bridgehead atoms. The topological polar surface area (TPSA) is 92.2 Å². The Labute approximate surface area is 203 Å². The quantitative estimate of drug-likeness (QED) is 0.397. The third-order valence-corrected chi connectivity index (χ3v) is 6.49. The number of anilines is 2. The van der Waals surface area contributed by atoms with Gasteiger partial charge in [0, 0.05) is 47.5 Å². The highest BCUT2D eigenvalue weighted by atomic mass is 32.2. The second kappa shape index (κ2) is 8.88. The van der Waals surface area contributed by atoms with Gasteiger partial charge in [-0.05, 0) is 72.9 Å². The van der Waals surface area contributed by atoms with E-state index in [0.717, 1.165) is 29.0 Å². The van der Waals surface area contributed by atoms with E-state index in [-0.39, 0.29) is 12.1 Å². The summed E-state index contributed by atoms with van der Waals surface area (Å²) in [5.41, 5.74) is 4.20. The third-order valence-electron chi connectivity index (χ3n) is 5.57. The molecule has 2 atom stereocenters. The first kappa shape index (κ1) is 22.1. The maximum atomic E-state index is 11.6. The fourth-order valence-corrected chi connectivity index (χ4v) is 5.12. The second-order valence-corrected chi connectivity index (χ2v) is 10.1. The number of pyridine rings is 2. The van der Waals surface area contributed by atoms with Crippen molar-refractivity contribution in [3.05, 3.63) is 103 Å². The van der Waals surface area contributed by atoms with Crippen LogP contribution in [-0.2, 0) is 10.0 Å². The van der Waals surface area contributed by atoms with Gasteiger partial charge < -0.3 is 14.8 Å². The van der Waals surface area contributed by atoms with Crippen molar-refractivity contribution in [3.8, 4) is 5.69 Å². The van der Waals surface area contributed by atoms with Crippen LogP contribution in [0.3, 0.4) is 0 Å². The van der Waals surface area contributed by atoms with Crippen molar-refractivity contribution in [2.75, 3.05) is 15.9 Å². The molecule has 10 heteroatoms. The highest BCUT2D eigenvalue weighted by Crippen LogP contribution is 2.42. The van der Waals surface area contributed by atoms with Gasteiger partial charge >= 0.3 is 0 Å². The van der Waals surface area contributed by atoms with Gasteiger partial charge in [-0.15, -0.1) is 0 Å². The van der Waals surface area contributed by atoms with Crippen LogP contribution in [0.5, 0.6) is 0 Å². The number of sulfonamides is 1. The van der Waals surface area contributed by atoms with Gasteiger partial charge in [-0.2, -0.15) is 0 Å². The fraction of sp³-hybridized carbons (Fsp3) is 0.125. The molecule has 4 heterocycles. The van der Waals surface area contributed by atoms with Crippen LogP contribution in [0.4, 0.5) is 11.4 Å². The molecule has 4 aromatic rings. The molecule has 0 saturated carbocycles. The minimum absolute atomic E-state index is 0.196. The average molecular weight is 491 g/mol. The molecule has 3 aromatic heterocycles. The number of nitrogens with zero attached hydrogens (tertiary/aromatic N) is 4. The van der Waals surface area contributed by atoms with E-state index >= 15 is 0 Å². The molecule has 172 valence electrons. The maximum Gasteiger partial charge on any atom is 0.229 e. The summed E-state index contributed by atoms with van der Waals surface area (Å²) < 4.78 is 27.8. The lowest BCUT2D eigenvalue weighted by molar-refractivity contribution is 0.549. The summed E-state index contributed by atoms with van der Waals surface area (Å²) in [5.74, 6) is 0. The van der Waals surface area contributed by atoms with Crippen LogP contribution >= 0.6 is 12.2 Å². The number of thiocarbonyl (C=S) groups is 1. The summed E-state index contributed by atoms with van der Waals surface area (Å²) in [6.07, 6.45) is 8.43. The third kappa shape index (κ3) is 4.37. The van der Waals surface area contributed by atoms with E-state index in [1.165, 1.54) is 0 Å². The molecule has 0 spiro atoms. The molecular weight excluding hydrogens is 468 g/mol. The maximum absolute atomic E-state index is 11.6. The van der Waals surface area contributed by atoms with E-state index < -0.39 is 10.0 Å². The molecule has 2 N–H and O–H groups in total. The number of aromatic nitrogens is 3. The second-order valence-electron chi connectivity index (χ2n) is 7.93. The SMILES string of the molecule is CS(=O)(=O)Nc1ccc(N2C(=S)NC(c3ccccn3)C2c2cccn2-c2ccncc2)cc1. The zero-order valence-corrected chi connectivity index (χ0v) is 19.9. The smallest absolute Gasteiger partial charge is 0.229 e. The van der Waals surface area contributed by atoms with Crippen LogP contribution in [0.25, 0.3) is 5.69 Å². The van der Waals surface area contributed by atoms with E-state index in [0.29, 0.717) is 10.8 Å². The predicted octanol–water partition coefficient (Wildman–Crippen LogP) is 3.82. The molecule has 8 nitrogen and oxygen atoms in total. The van der Waals surface area contributed by atoms with Crippen LogP contribution in [-0.4, -0.2) is 34.3 Å². The van der Waals surface area contributed by atoms with E-state index in [1.54, 1.807) is 30.7 Å². The Morgan fingerprint density at radius 1 is 0.941 bits per heavy atom. The summed E-state index contributed by atoms with van der Waals surface area (Å²) in [7, 11) is -3.37. The average Bonchev–Trinajstić information content (AvgIpc) is 3.44. The molecule has 1 aliphatic rings. The highest BCUT2D eigenvalue weighted by molar-refractivity contribution is 7.92. The Morgan fingerprint density at radius 2 is 1.71 bits per heavy atom. The molecule has 0 radical (unpaired) electrons. The Bertz CT molecular complexity index is 1410. The van der Waals surface area contributed by atoms with Crippen LogP contribution in [0.2, 0.25) is 0 Å². The first-order valence-corrected chi connectivity index (χ1v) is 12.9. The van der Waals surface area contributed by atoms with Gasteiger partial charge in [0.2, 0.25) is 10.0 Å². The summed E-state index contributed by atoms with van der Waals surface area (Å²) >= 11 is 5.79. The molecule has 0 amide bonds.